The third-order valence-electron chi connectivity index (χ3n) is 5.30. The van der Waals surface area contributed by atoms with E-state index in [1.807, 2.05) is 0 Å². The fourth-order valence-corrected chi connectivity index (χ4v) is 3.73. The van der Waals surface area contributed by atoms with Crippen molar-refractivity contribution in [2.75, 3.05) is 0 Å². The molecule has 3 aromatic rings. The standard InChI is InChI=1S/C25H22F7N3O/c1-15(2)34-22(36)35-23(13-16-6-4-3-5-7-16,21-9-8-17(14-33-21)24(27,28)29)18-10-19(25(30,31)32)12-20(26)11-18/h3-12,14-15H,13H2,1-2H3,(H2,34,35,36). The van der Waals surface area contributed by atoms with Crippen molar-refractivity contribution in [3.8, 4) is 0 Å². The first-order valence-corrected chi connectivity index (χ1v) is 10.8. The second-order valence-corrected chi connectivity index (χ2v) is 8.48. The molecule has 0 saturated carbocycles. The molecular weight excluding hydrogens is 491 g/mol. The largest absolute Gasteiger partial charge is 0.417 e. The van der Waals surface area contributed by atoms with Crippen molar-refractivity contribution in [3.63, 3.8) is 0 Å². The van der Waals surface area contributed by atoms with Gasteiger partial charge in [0.25, 0.3) is 0 Å². The number of amides is 2. The van der Waals surface area contributed by atoms with Gasteiger partial charge >= 0.3 is 18.4 Å². The van der Waals surface area contributed by atoms with Crippen LogP contribution in [0.1, 0.15) is 41.8 Å². The lowest BCUT2D eigenvalue weighted by Gasteiger charge is -2.36. The Hall–Kier alpha value is -3.63. The smallest absolute Gasteiger partial charge is 0.336 e. The van der Waals surface area contributed by atoms with Gasteiger partial charge in [0.1, 0.15) is 11.4 Å². The molecule has 2 N–H and O–H groups in total. The Labute approximate surface area is 202 Å². The highest BCUT2D eigenvalue weighted by molar-refractivity contribution is 5.76. The van der Waals surface area contributed by atoms with E-state index < -0.39 is 46.9 Å². The molecule has 11 heteroatoms. The van der Waals surface area contributed by atoms with Crippen molar-refractivity contribution in [1.29, 1.82) is 0 Å². The summed E-state index contributed by atoms with van der Waals surface area (Å²) in [6.07, 6.45) is -9.37. The molecule has 0 aliphatic heterocycles. The Balaban J connectivity index is 2.31. The minimum Gasteiger partial charge on any atom is -0.336 e. The molecule has 0 aliphatic rings. The second kappa shape index (κ2) is 10.2. The maximum absolute atomic E-state index is 14.5. The first-order chi connectivity index (χ1) is 16.7. The minimum atomic E-state index is -4.93. The topological polar surface area (TPSA) is 54.0 Å². The van der Waals surface area contributed by atoms with Crippen molar-refractivity contribution in [3.05, 3.63) is 101 Å². The monoisotopic (exact) mass is 513 g/mol. The van der Waals surface area contributed by atoms with E-state index >= 15 is 0 Å². The molecule has 0 bridgehead atoms. The Kier molecular flexibility index (Phi) is 7.61. The van der Waals surface area contributed by atoms with E-state index in [9.17, 15) is 35.5 Å². The number of alkyl halides is 6. The van der Waals surface area contributed by atoms with Crippen molar-refractivity contribution in [2.45, 2.75) is 44.2 Å². The van der Waals surface area contributed by atoms with Crippen LogP contribution in [0.4, 0.5) is 35.5 Å². The molecular formula is C25H22F7N3O. The van der Waals surface area contributed by atoms with E-state index in [0.717, 1.165) is 12.1 Å². The van der Waals surface area contributed by atoms with Crippen LogP contribution >= 0.6 is 0 Å². The van der Waals surface area contributed by atoms with Crippen LogP contribution in [-0.2, 0) is 24.3 Å². The van der Waals surface area contributed by atoms with Gasteiger partial charge < -0.3 is 10.6 Å². The number of pyridine rings is 1. The molecule has 2 aromatic carbocycles. The maximum Gasteiger partial charge on any atom is 0.417 e. The van der Waals surface area contributed by atoms with E-state index in [1.54, 1.807) is 44.2 Å². The number of carbonyl (C=O) groups is 1. The molecule has 0 aliphatic carbocycles. The van der Waals surface area contributed by atoms with Crippen LogP contribution in [-0.4, -0.2) is 17.1 Å². The summed E-state index contributed by atoms with van der Waals surface area (Å²) < 4.78 is 94.8. The normalized spacial score (nSPS) is 13.8. The quantitative estimate of drug-likeness (QED) is 0.372. The Morgan fingerprint density at radius 2 is 1.47 bits per heavy atom. The van der Waals surface area contributed by atoms with Crippen molar-refractivity contribution >= 4 is 6.03 Å². The molecule has 0 spiro atoms. The summed E-state index contributed by atoms with van der Waals surface area (Å²) in [5.41, 5.74) is -4.44. The molecule has 1 atom stereocenters. The van der Waals surface area contributed by atoms with Crippen LogP contribution in [0.2, 0.25) is 0 Å². The summed E-state index contributed by atoms with van der Waals surface area (Å²) in [6.45, 7) is 3.28. The number of halogens is 7. The van der Waals surface area contributed by atoms with E-state index in [1.165, 1.54) is 0 Å². The molecule has 1 heterocycles. The van der Waals surface area contributed by atoms with Crippen molar-refractivity contribution < 1.29 is 35.5 Å². The summed E-state index contributed by atoms with van der Waals surface area (Å²) in [6, 6.07) is 10.4. The number of benzene rings is 2. The molecule has 192 valence electrons. The minimum absolute atomic E-state index is 0.211. The Bertz CT molecular complexity index is 1190. The first-order valence-electron chi connectivity index (χ1n) is 10.8. The van der Waals surface area contributed by atoms with Crippen LogP contribution in [0.25, 0.3) is 0 Å². The lowest BCUT2D eigenvalue weighted by atomic mass is 9.79. The van der Waals surface area contributed by atoms with Gasteiger partial charge in [0.2, 0.25) is 0 Å². The van der Waals surface area contributed by atoms with Crippen LogP contribution in [0, 0.1) is 5.82 Å². The zero-order valence-electron chi connectivity index (χ0n) is 19.1. The zero-order valence-corrected chi connectivity index (χ0v) is 19.1. The van der Waals surface area contributed by atoms with E-state index in [0.29, 0.717) is 30.0 Å². The van der Waals surface area contributed by atoms with E-state index in [-0.39, 0.29) is 17.7 Å². The maximum atomic E-state index is 14.5. The van der Waals surface area contributed by atoms with Gasteiger partial charge in [0, 0.05) is 18.7 Å². The van der Waals surface area contributed by atoms with Gasteiger partial charge in [-0.15, -0.1) is 0 Å². The number of aromatic nitrogens is 1. The fourth-order valence-electron chi connectivity index (χ4n) is 3.73. The Morgan fingerprint density at radius 3 is 2.00 bits per heavy atom. The lowest BCUT2D eigenvalue weighted by Crippen LogP contribution is -2.53. The van der Waals surface area contributed by atoms with Crippen molar-refractivity contribution in [2.24, 2.45) is 0 Å². The van der Waals surface area contributed by atoms with Crippen LogP contribution in [0.3, 0.4) is 0 Å². The van der Waals surface area contributed by atoms with Gasteiger partial charge in [0.15, 0.2) is 0 Å². The second-order valence-electron chi connectivity index (χ2n) is 8.48. The first kappa shape index (κ1) is 27.0. The summed E-state index contributed by atoms with van der Waals surface area (Å²) in [5.74, 6) is -1.24. The fraction of sp³-hybridized carbons (Fsp3) is 0.280. The van der Waals surface area contributed by atoms with Crippen LogP contribution in [0.5, 0.6) is 0 Å². The molecule has 0 radical (unpaired) electrons. The van der Waals surface area contributed by atoms with E-state index in [4.69, 9.17) is 0 Å². The molecule has 4 nitrogen and oxygen atoms in total. The highest BCUT2D eigenvalue weighted by atomic mass is 19.4. The number of carbonyl (C=O) groups excluding carboxylic acids is 1. The third kappa shape index (κ3) is 6.32. The molecule has 2 amide bonds. The van der Waals surface area contributed by atoms with Gasteiger partial charge in [-0.05, 0) is 55.3 Å². The van der Waals surface area contributed by atoms with Gasteiger partial charge in [-0.3, -0.25) is 4.98 Å². The van der Waals surface area contributed by atoms with Gasteiger partial charge in [-0.1, -0.05) is 30.3 Å². The summed E-state index contributed by atoms with van der Waals surface area (Å²) in [5, 5.41) is 5.12. The number of hydrogen-bond acceptors (Lipinski definition) is 2. The molecule has 0 fully saturated rings. The number of hydrogen-bond donors (Lipinski definition) is 2. The van der Waals surface area contributed by atoms with Crippen LogP contribution in [0.15, 0.2) is 66.9 Å². The zero-order chi connectivity index (χ0) is 26.7. The molecule has 1 aromatic heterocycles. The molecule has 3 rings (SSSR count). The Morgan fingerprint density at radius 1 is 0.861 bits per heavy atom. The predicted molar refractivity (Wildman–Crippen MR) is 118 cm³/mol. The molecule has 36 heavy (non-hydrogen) atoms. The van der Waals surface area contributed by atoms with Crippen LogP contribution < -0.4 is 10.6 Å². The van der Waals surface area contributed by atoms with Gasteiger partial charge in [0.05, 0.1) is 16.8 Å². The molecule has 0 saturated heterocycles. The number of nitrogens with one attached hydrogen (secondary N) is 2. The van der Waals surface area contributed by atoms with E-state index in [2.05, 4.69) is 15.6 Å². The molecule has 1 unspecified atom stereocenters. The lowest BCUT2D eigenvalue weighted by molar-refractivity contribution is -0.138. The highest BCUT2D eigenvalue weighted by Gasteiger charge is 2.41. The number of nitrogens with zero attached hydrogens (tertiary/aromatic N) is 1. The third-order valence-corrected chi connectivity index (χ3v) is 5.30. The average molecular weight is 513 g/mol. The average Bonchev–Trinajstić information content (AvgIpc) is 2.77. The SMILES string of the molecule is CC(C)NC(=O)NC(Cc1ccccc1)(c1cc(F)cc(C(F)(F)F)c1)c1ccc(C(F)(F)F)cn1. The summed E-state index contributed by atoms with van der Waals surface area (Å²) in [4.78, 5) is 16.7. The number of urea groups is 1. The summed E-state index contributed by atoms with van der Waals surface area (Å²) >= 11 is 0. The summed E-state index contributed by atoms with van der Waals surface area (Å²) in [7, 11) is 0. The van der Waals surface area contributed by atoms with Gasteiger partial charge in [-0.25, -0.2) is 9.18 Å². The predicted octanol–water partition coefficient (Wildman–Crippen LogP) is 6.45. The highest BCUT2D eigenvalue weighted by Crippen LogP contribution is 2.38. The number of rotatable bonds is 6. The van der Waals surface area contributed by atoms with Gasteiger partial charge in [-0.2, -0.15) is 26.3 Å². The van der Waals surface area contributed by atoms with Crippen molar-refractivity contribution in [1.82, 2.24) is 15.6 Å².